The van der Waals surface area contributed by atoms with Crippen LogP contribution in [0, 0.1) is 23.2 Å². The van der Waals surface area contributed by atoms with Gasteiger partial charge >= 0.3 is 0 Å². The molecule has 2 saturated carbocycles. The molecule has 1 aliphatic heterocycles. The molecule has 7 nitrogen and oxygen atoms in total. The molecule has 3 aliphatic rings. The van der Waals surface area contributed by atoms with E-state index in [0.717, 1.165) is 50.8 Å². The summed E-state index contributed by atoms with van der Waals surface area (Å²) < 4.78 is 7.06. The Morgan fingerprint density at radius 3 is 2.78 bits per heavy atom. The van der Waals surface area contributed by atoms with E-state index in [-0.39, 0.29) is 17.2 Å². The Hall–Kier alpha value is -2.41. The molecule has 2 amide bonds. The zero-order valence-corrected chi connectivity index (χ0v) is 22.0. The Kier molecular flexibility index (Phi) is 7.65. The molecular weight excluding hydrogens is 452 g/mol. The van der Waals surface area contributed by atoms with Crippen LogP contribution in [0.2, 0.25) is 0 Å². The summed E-state index contributed by atoms with van der Waals surface area (Å²) in [6.07, 6.45) is 14.1. The van der Waals surface area contributed by atoms with E-state index in [1.165, 1.54) is 44.9 Å². The molecular formula is C29H42N4O3. The summed E-state index contributed by atoms with van der Waals surface area (Å²) in [6.45, 7) is 4.58. The van der Waals surface area contributed by atoms with Crippen LogP contribution in [0.25, 0.3) is 5.65 Å². The quantitative estimate of drug-likeness (QED) is 0.522. The Bertz CT molecular complexity index is 1070. The molecule has 36 heavy (non-hydrogen) atoms. The number of aromatic nitrogens is 2. The van der Waals surface area contributed by atoms with Gasteiger partial charge in [0.25, 0.3) is 5.91 Å². The van der Waals surface area contributed by atoms with E-state index in [1.54, 1.807) is 13.3 Å². The van der Waals surface area contributed by atoms with Gasteiger partial charge in [-0.05, 0) is 80.2 Å². The lowest BCUT2D eigenvalue weighted by Crippen LogP contribution is -2.39. The highest BCUT2D eigenvalue weighted by Crippen LogP contribution is 2.53. The SMILES string of the molecule is CCC1CC2CCCC(CC(=O)Nc3cccc4nc(C(=O)N5CCC(CCOC)CC5)cn34)(C1)C2. The Morgan fingerprint density at radius 2 is 2.00 bits per heavy atom. The third kappa shape index (κ3) is 5.46. The molecule has 1 N–H and O–H groups in total. The predicted octanol–water partition coefficient (Wildman–Crippen LogP) is 5.55. The zero-order valence-electron chi connectivity index (χ0n) is 22.0. The summed E-state index contributed by atoms with van der Waals surface area (Å²) in [6, 6.07) is 5.69. The minimum Gasteiger partial charge on any atom is -0.385 e. The van der Waals surface area contributed by atoms with Gasteiger partial charge in [-0.2, -0.15) is 0 Å². The molecule has 196 valence electrons. The van der Waals surface area contributed by atoms with Crippen LogP contribution in [-0.4, -0.2) is 52.9 Å². The average Bonchev–Trinajstić information content (AvgIpc) is 3.32. The van der Waals surface area contributed by atoms with Crippen molar-refractivity contribution in [2.75, 3.05) is 32.1 Å². The minimum atomic E-state index is -0.0267. The Morgan fingerprint density at radius 1 is 1.17 bits per heavy atom. The molecule has 0 radical (unpaired) electrons. The van der Waals surface area contributed by atoms with Crippen molar-refractivity contribution in [2.45, 2.75) is 77.6 Å². The van der Waals surface area contributed by atoms with Gasteiger partial charge in [-0.1, -0.05) is 32.3 Å². The van der Waals surface area contributed by atoms with E-state index in [2.05, 4.69) is 17.2 Å². The van der Waals surface area contributed by atoms with E-state index < -0.39 is 0 Å². The van der Waals surface area contributed by atoms with Crippen molar-refractivity contribution in [1.82, 2.24) is 14.3 Å². The highest BCUT2D eigenvalue weighted by molar-refractivity contribution is 5.94. The molecule has 3 unspecified atom stereocenters. The fraction of sp³-hybridized carbons (Fsp3) is 0.690. The predicted molar refractivity (Wildman–Crippen MR) is 141 cm³/mol. The first-order valence-electron chi connectivity index (χ1n) is 14.0. The number of hydrogen-bond donors (Lipinski definition) is 1. The number of piperidine rings is 1. The Labute approximate surface area is 215 Å². The number of rotatable bonds is 8. The summed E-state index contributed by atoms with van der Waals surface area (Å²) in [5.74, 6) is 2.91. The largest absolute Gasteiger partial charge is 0.385 e. The fourth-order valence-electron chi connectivity index (χ4n) is 7.29. The van der Waals surface area contributed by atoms with Gasteiger partial charge < -0.3 is 15.0 Å². The number of fused-ring (bicyclic) bond motifs is 3. The van der Waals surface area contributed by atoms with Crippen molar-refractivity contribution in [3.63, 3.8) is 0 Å². The molecule has 3 fully saturated rings. The van der Waals surface area contributed by atoms with Gasteiger partial charge in [-0.15, -0.1) is 0 Å². The Balaban J connectivity index is 1.25. The molecule has 7 heteroatoms. The summed E-state index contributed by atoms with van der Waals surface area (Å²) >= 11 is 0. The van der Waals surface area contributed by atoms with Crippen LogP contribution >= 0.6 is 0 Å². The molecule has 2 aliphatic carbocycles. The standard InChI is InChI=1S/C29H42N4O3/c1-3-21-16-23-6-5-12-29(17-21,18-23)19-27(34)31-26-8-4-7-25-30-24(20-33(25)26)28(35)32-13-9-22(10-14-32)11-15-36-2/h4,7-8,20-23H,3,5-6,9-19H2,1-2H3,(H,31,34). The third-order valence-electron chi connectivity index (χ3n) is 9.15. The number of methoxy groups -OCH3 is 1. The monoisotopic (exact) mass is 494 g/mol. The maximum Gasteiger partial charge on any atom is 0.274 e. The number of imidazole rings is 1. The first-order valence-corrected chi connectivity index (χ1v) is 14.0. The van der Waals surface area contributed by atoms with Gasteiger partial charge in [0.15, 0.2) is 0 Å². The van der Waals surface area contributed by atoms with Gasteiger partial charge in [0.2, 0.25) is 5.91 Å². The topological polar surface area (TPSA) is 75.9 Å². The van der Waals surface area contributed by atoms with Crippen molar-refractivity contribution in [3.8, 4) is 0 Å². The summed E-state index contributed by atoms with van der Waals surface area (Å²) in [7, 11) is 1.74. The molecule has 0 spiro atoms. The number of nitrogens with one attached hydrogen (secondary N) is 1. The highest BCUT2D eigenvalue weighted by Gasteiger charge is 2.43. The van der Waals surface area contributed by atoms with Crippen molar-refractivity contribution in [2.24, 2.45) is 23.2 Å². The first kappa shape index (κ1) is 25.2. The molecule has 2 aromatic rings. The lowest BCUT2D eigenvalue weighted by atomic mass is 9.57. The number of amides is 2. The molecule has 2 aromatic heterocycles. The molecule has 3 heterocycles. The van der Waals surface area contributed by atoms with Crippen LogP contribution in [0.4, 0.5) is 5.82 Å². The maximum atomic E-state index is 13.3. The lowest BCUT2D eigenvalue weighted by Gasteiger charge is -2.48. The van der Waals surface area contributed by atoms with Gasteiger partial charge in [0, 0.05) is 39.4 Å². The maximum absolute atomic E-state index is 13.3. The van der Waals surface area contributed by atoms with Crippen molar-refractivity contribution in [3.05, 3.63) is 30.1 Å². The number of nitrogens with zero attached hydrogens (tertiary/aromatic N) is 3. The number of carbonyl (C=O) groups is 2. The zero-order chi connectivity index (χ0) is 25.1. The van der Waals surface area contributed by atoms with E-state index in [4.69, 9.17) is 4.74 Å². The number of anilines is 1. The van der Waals surface area contributed by atoms with Crippen molar-refractivity contribution >= 4 is 23.3 Å². The van der Waals surface area contributed by atoms with Crippen LogP contribution in [0.1, 0.15) is 88.0 Å². The number of hydrogen-bond acceptors (Lipinski definition) is 4. The smallest absolute Gasteiger partial charge is 0.274 e. The molecule has 0 aromatic carbocycles. The second-order valence-corrected chi connectivity index (χ2v) is 11.7. The van der Waals surface area contributed by atoms with Crippen molar-refractivity contribution in [1.29, 1.82) is 0 Å². The third-order valence-corrected chi connectivity index (χ3v) is 9.15. The van der Waals surface area contributed by atoms with Crippen molar-refractivity contribution < 1.29 is 14.3 Å². The number of pyridine rings is 1. The molecule has 2 bridgehead atoms. The van der Waals surface area contributed by atoms with Gasteiger partial charge in [-0.25, -0.2) is 4.98 Å². The number of ether oxygens (including phenoxy) is 1. The van der Waals surface area contributed by atoms with Gasteiger partial charge in [0.1, 0.15) is 17.2 Å². The van der Waals surface area contributed by atoms with Gasteiger partial charge in [-0.3, -0.25) is 14.0 Å². The highest BCUT2D eigenvalue weighted by atomic mass is 16.5. The van der Waals surface area contributed by atoms with Gasteiger partial charge in [0.05, 0.1) is 0 Å². The van der Waals surface area contributed by atoms with Crippen LogP contribution in [0.15, 0.2) is 24.4 Å². The second kappa shape index (κ2) is 10.9. The van der Waals surface area contributed by atoms with Crippen LogP contribution in [0.3, 0.4) is 0 Å². The van der Waals surface area contributed by atoms with Crippen LogP contribution < -0.4 is 5.32 Å². The second-order valence-electron chi connectivity index (χ2n) is 11.7. The minimum absolute atomic E-state index is 0.0267. The van der Waals surface area contributed by atoms with Crippen LogP contribution in [-0.2, 0) is 9.53 Å². The molecule has 5 rings (SSSR count). The normalized spacial score (nSPS) is 26.8. The van der Waals surface area contributed by atoms with E-state index in [0.29, 0.717) is 29.5 Å². The number of carbonyl (C=O) groups excluding carboxylic acids is 2. The molecule has 3 atom stereocenters. The van der Waals surface area contributed by atoms with E-state index >= 15 is 0 Å². The van der Waals surface area contributed by atoms with E-state index in [9.17, 15) is 9.59 Å². The first-order chi connectivity index (χ1) is 17.5. The lowest BCUT2D eigenvalue weighted by molar-refractivity contribution is -0.120. The number of likely N-dealkylation sites (tertiary alicyclic amines) is 1. The molecule has 1 saturated heterocycles. The average molecular weight is 495 g/mol. The summed E-state index contributed by atoms with van der Waals surface area (Å²) in [4.78, 5) is 33.0. The summed E-state index contributed by atoms with van der Waals surface area (Å²) in [5, 5.41) is 3.17. The van der Waals surface area contributed by atoms with E-state index in [1.807, 2.05) is 27.5 Å². The van der Waals surface area contributed by atoms with Crippen LogP contribution in [0.5, 0.6) is 0 Å². The summed E-state index contributed by atoms with van der Waals surface area (Å²) in [5.41, 5.74) is 1.29. The fourth-order valence-corrected chi connectivity index (χ4v) is 7.29.